The van der Waals surface area contributed by atoms with Crippen molar-refractivity contribution in [1.29, 1.82) is 0 Å². The van der Waals surface area contributed by atoms with Crippen LogP contribution in [0.2, 0.25) is 0 Å². The number of likely N-dealkylation sites (tertiary alicyclic amines) is 1. The summed E-state index contributed by atoms with van der Waals surface area (Å²) in [6, 6.07) is 5.64. The van der Waals surface area contributed by atoms with Gasteiger partial charge in [-0.15, -0.1) is 0 Å². The van der Waals surface area contributed by atoms with E-state index < -0.39 is 0 Å². The molecule has 0 saturated carbocycles. The molecule has 21 heavy (non-hydrogen) atoms. The van der Waals surface area contributed by atoms with Crippen molar-refractivity contribution in [3.8, 4) is 0 Å². The highest BCUT2D eigenvalue weighted by Gasteiger charge is 2.19. The molecule has 1 aliphatic rings. The fourth-order valence-corrected chi connectivity index (χ4v) is 2.55. The van der Waals surface area contributed by atoms with Crippen molar-refractivity contribution in [1.82, 2.24) is 19.6 Å². The second kappa shape index (κ2) is 5.95. The number of hydrogen-bond acceptors (Lipinski definition) is 3. The molecule has 3 heterocycles. The van der Waals surface area contributed by atoms with Gasteiger partial charge in [-0.05, 0) is 25.0 Å². The molecule has 2 aromatic rings. The average Bonchev–Trinajstić information content (AvgIpc) is 3.09. The molecule has 0 radical (unpaired) electrons. The molecule has 1 aliphatic heterocycles. The van der Waals surface area contributed by atoms with E-state index in [1.54, 1.807) is 6.20 Å². The highest BCUT2D eigenvalue weighted by molar-refractivity contribution is 5.92. The van der Waals surface area contributed by atoms with Crippen molar-refractivity contribution in [2.75, 3.05) is 19.6 Å². The molecule has 1 N–H and O–H groups in total. The number of carbonyl (C=O) groups is 2. The third-order valence-corrected chi connectivity index (χ3v) is 3.66. The summed E-state index contributed by atoms with van der Waals surface area (Å²) in [5, 5.41) is 2.85. The molecular weight excluding hydrogens is 268 g/mol. The lowest BCUT2D eigenvalue weighted by Crippen LogP contribution is -2.30. The predicted molar refractivity (Wildman–Crippen MR) is 78.0 cm³/mol. The summed E-state index contributed by atoms with van der Waals surface area (Å²) in [7, 11) is 0. The van der Waals surface area contributed by atoms with Crippen LogP contribution in [0.3, 0.4) is 0 Å². The number of amides is 2. The Kier molecular flexibility index (Phi) is 3.85. The van der Waals surface area contributed by atoms with Gasteiger partial charge in [0.25, 0.3) is 5.91 Å². The van der Waals surface area contributed by atoms with E-state index >= 15 is 0 Å². The first-order valence-corrected chi connectivity index (χ1v) is 7.24. The third kappa shape index (κ3) is 3.04. The molecule has 2 amide bonds. The molecule has 0 aliphatic carbocycles. The van der Waals surface area contributed by atoms with Crippen LogP contribution in [0.15, 0.2) is 30.6 Å². The molecule has 1 fully saturated rings. The minimum Gasteiger partial charge on any atom is -0.351 e. The Morgan fingerprint density at radius 3 is 3.05 bits per heavy atom. The summed E-state index contributed by atoms with van der Waals surface area (Å²) in [6.45, 7) is 2.11. The van der Waals surface area contributed by atoms with Crippen molar-refractivity contribution in [3.05, 3.63) is 36.3 Å². The molecule has 0 atom stereocenters. The molecule has 0 bridgehead atoms. The van der Waals surface area contributed by atoms with Crippen LogP contribution in [0.5, 0.6) is 0 Å². The van der Waals surface area contributed by atoms with E-state index in [9.17, 15) is 9.59 Å². The number of aromatic nitrogens is 2. The summed E-state index contributed by atoms with van der Waals surface area (Å²) in [4.78, 5) is 29.6. The van der Waals surface area contributed by atoms with Crippen molar-refractivity contribution >= 4 is 17.5 Å². The zero-order valence-corrected chi connectivity index (χ0v) is 11.8. The number of carbonyl (C=O) groups excluding carboxylic acids is 2. The molecule has 2 aromatic heterocycles. The predicted octanol–water partition coefficient (Wildman–Crippen LogP) is 1.08. The summed E-state index contributed by atoms with van der Waals surface area (Å²) in [5.41, 5.74) is 1.17. The normalized spacial score (nSPS) is 14.9. The van der Waals surface area contributed by atoms with Gasteiger partial charge in [-0.25, -0.2) is 4.98 Å². The van der Waals surface area contributed by atoms with Crippen LogP contribution in [0.4, 0.5) is 0 Å². The Bertz CT molecular complexity index is 631. The van der Waals surface area contributed by atoms with Crippen LogP contribution in [-0.4, -0.2) is 45.7 Å². The third-order valence-electron chi connectivity index (χ3n) is 3.66. The van der Waals surface area contributed by atoms with Gasteiger partial charge in [0.2, 0.25) is 5.91 Å². The van der Waals surface area contributed by atoms with Gasteiger partial charge in [-0.2, -0.15) is 0 Å². The first-order valence-electron chi connectivity index (χ1n) is 7.24. The van der Waals surface area contributed by atoms with Gasteiger partial charge in [0.05, 0.1) is 0 Å². The smallest absolute Gasteiger partial charge is 0.271 e. The van der Waals surface area contributed by atoms with Gasteiger partial charge < -0.3 is 14.6 Å². The maximum atomic E-state index is 12.0. The summed E-state index contributed by atoms with van der Waals surface area (Å²) in [6.07, 6.45) is 5.96. The van der Waals surface area contributed by atoms with Gasteiger partial charge >= 0.3 is 0 Å². The fraction of sp³-hybridized carbons (Fsp3) is 0.400. The Morgan fingerprint density at radius 2 is 2.29 bits per heavy atom. The van der Waals surface area contributed by atoms with Gasteiger partial charge in [0.15, 0.2) is 0 Å². The summed E-state index contributed by atoms with van der Waals surface area (Å²) in [5.74, 6) is 0.0492. The molecular formula is C15H18N4O2. The number of nitrogens with zero attached hydrogens (tertiary/aromatic N) is 3. The highest BCUT2D eigenvalue weighted by Crippen LogP contribution is 2.09. The lowest BCUT2D eigenvalue weighted by atomic mass is 10.3. The lowest BCUT2D eigenvalue weighted by molar-refractivity contribution is -0.127. The Labute approximate surface area is 122 Å². The number of fused-ring (bicyclic) bond motifs is 1. The number of hydrogen-bond donors (Lipinski definition) is 1. The van der Waals surface area contributed by atoms with Crippen molar-refractivity contribution in [2.45, 2.75) is 19.3 Å². The zero-order chi connectivity index (χ0) is 14.7. The van der Waals surface area contributed by atoms with Crippen LogP contribution in [-0.2, 0) is 4.79 Å². The van der Waals surface area contributed by atoms with Gasteiger partial charge in [0.1, 0.15) is 11.3 Å². The first-order chi connectivity index (χ1) is 10.2. The molecule has 1 saturated heterocycles. The SMILES string of the molecule is O=C(NCCCN1CCCC1=O)c1cn2ccccc2n1. The number of pyridine rings is 1. The largest absolute Gasteiger partial charge is 0.351 e. The molecule has 0 aromatic carbocycles. The van der Waals surface area contributed by atoms with Crippen LogP contribution >= 0.6 is 0 Å². The molecule has 110 valence electrons. The first kappa shape index (κ1) is 13.6. The molecule has 0 spiro atoms. The van der Waals surface area contributed by atoms with Gasteiger partial charge in [-0.3, -0.25) is 9.59 Å². The molecule has 6 nitrogen and oxygen atoms in total. The Morgan fingerprint density at radius 1 is 1.38 bits per heavy atom. The average molecular weight is 286 g/mol. The minimum absolute atomic E-state index is 0.175. The van der Waals surface area contributed by atoms with Gasteiger partial charge in [0, 0.05) is 38.4 Å². The van der Waals surface area contributed by atoms with Crippen LogP contribution in [0, 0.1) is 0 Å². The van der Waals surface area contributed by atoms with E-state index in [2.05, 4.69) is 10.3 Å². The quantitative estimate of drug-likeness (QED) is 0.836. The van der Waals surface area contributed by atoms with Crippen molar-refractivity contribution in [3.63, 3.8) is 0 Å². The molecule has 0 unspecified atom stereocenters. The van der Waals surface area contributed by atoms with E-state index in [0.717, 1.165) is 25.0 Å². The second-order valence-electron chi connectivity index (χ2n) is 5.19. The van der Waals surface area contributed by atoms with E-state index in [0.29, 0.717) is 25.2 Å². The Balaban J connectivity index is 1.48. The number of nitrogens with one attached hydrogen (secondary N) is 1. The topological polar surface area (TPSA) is 66.7 Å². The minimum atomic E-state index is -0.175. The van der Waals surface area contributed by atoms with Crippen LogP contribution in [0.1, 0.15) is 29.8 Å². The molecule has 6 heteroatoms. The van der Waals surface area contributed by atoms with Crippen molar-refractivity contribution in [2.24, 2.45) is 0 Å². The summed E-state index contributed by atoms with van der Waals surface area (Å²) < 4.78 is 1.82. The monoisotopic (exact) mass is 286 g/mol. The second-order valence-corrected chi connectivity index (χ2v) is 5.19. The van der Waals surface area contributed by atoms with E-state index in [4.69, 9.17) is 0 Å². The maximum absolute atomic E-state index is 12.0. The van der Waals surface area contributed by atoms with Crippen LogP contribution < -0.4 is 5.32 Å². The molecule has 3 rings (SSSR count). The zero-order valence-electron chi connectivity index (χ0n) is 11.8. The van der Waals surface area contributed by atoms with Crippen molar-refractivity contribution < 1.29 is 9.59 Å². The number of imidazole rings is 1. The Hall–Kier alpha value is -2.37. The lowest BCUT2D eigenvalue weighted by Gasteiger charge is -2.14. The van der Waals surface area contributed by atoms with E-state index in [1.165, 1.54) is 0 Å². The fourth-order valence-electron chi connectivity index (χ4n) is 2.55. The van der Waals surface area contributed by atoms with Gasteiger partial charge in [-0.1, -0.05) is 6.07 Å². The van der Waals surface area contributed by atoms with E-state index in [1.807, 2.05) is 33.7 Å². The van der Waals surface area contributed by atoms with E-state index in [-0.39, 0.29) is 11.8 Å². The van der Waals surface area contributed by atoms with Crippen LogP contribution in [0.25, 0.3) is 5.65 Å². The summed E-state index contributed by atoms with van der Waals surface area (Å²) >= 11 is 0. The number of rotatable bonds is 5. The highest BCUT2D eigenvalue weighted by atomic mass is 16.2. The standard InChI is InChI=1S/C15H18N4O2/c20-14-6-3-9-18(14)10-4-7-16-15(21)12-11-19-8-2-1-5-13(19)17-12/h1-2,5,8,11H,3-4,6-7,9-10H2,(H,16,21). The maximum Gasteiger partial charge on any atom is 0.271 e.